The fourth-order valence-corrected chi connectivity index (χ4v) is 2.90. The fourth-order valence-electron chi connectivity index (χ4n) is 2.90. The Bertz CT molecular complexity index is 685. The van der Waals surface area contributed by atoms with E-state index in [1.165, 1.54) is 0 Å². The normalized spacial score (nSPS) is 16.3. The van der Waals surface area contributed by atoms with Crippen molar-refractivity contribution in [2.45, 2.75) is 31.8 Å². The zero-order valence-electron chi connectivity index (χ0n) is 15.1. The van der Waals surface area contributed by atoms with E-state index < -0.39 is 0 Å². The average molecular weight is 355 g/mol. The molecule has 1 aliphatic rings. The maximum Gasteiger partial charge on any atom is 0.321 e. The molecule has 1 unspecified atom stereocenters. The molecule has 0 aliphatic carbocycles. The van der Waals surface area contributed by atoms with Crippen LogP contribution in [0, 0.1) is 0 Å². The highest BCUT2D eigenvalue weighted by atomic mass is 16.5. The molecule has 0 spiro atoms. The molecule has 1 aromatic carbocycles. The first kappa shape index (κ1) is 18.2. The van der Waals surface area contributed by atoms with Crippen molar-refractivity contribution in [3.8, 4) is 11.5 Å². The van der Waals surface area contributed by atoms with Crippen molar-refractivity contribution >= 4 is 11.7 Å². The number of pyridine rings is 1. The van der Waals surface area contributed by atoms with Gasteiger partial charge in [-0.05, 0) is 62.1 Å². The standard InChI is InChI=1S/C20H25N3O3/c1-23(13-3-6-17-7-4-14-25-17)20(24)22-16-8-10-18(11-9-16)26-19-5-2-12-21-15-19/h2,5,8-12,15,17H,3-4,6-7,13-14H2,1H3,(H,22,24). The molecule has 6 heteroatoms. The van der Waals surface area contributed by atoms with E-state index in [1.54, 1.807) is 17.3 Å². The lowest BCUT2D eigenvalue weighted by Gasteiger charge is -2.19. The van der Waals surface area contributed by atoms with Gasteiger partial charge in [0.2, 0.25) is 0 Å². The number of urea groups is 1. The summed E-state index contributed by atoms with van der Waals surface area (Å²) in [6.45, 7) is 1.59. The van der Waals surface area contributed by atoms with Crippen LogP contribution in [-0.2, 0) is 4.74 Å². The molecule has 0 saturated carbocycles. The van der Waals surface area contributed by atoms with Crippen molar-refractivity contribution in [1.82, 2.24) is 9.88 Å². The van der Waals surface area contributed by atoms with Gasteiger partial charge in [0.15, 0.2) is 0 Å². The summed E-state index contributed by atoms with van der Waals surface area (Å²) in [5.74, 6) is 1.37. The third-order valence-electron chi connectivity index (χ3n) is 4.37. The highest BCUT2D eigenvalue weighted by molar-refractivity contribution is 5.89. The molecule has 1 aliphatic heterocycles. The van der Waals surface area contributed by atoms with Crippen LogP contribution in [0.5, 0.6) is 11.5 Å². The van der Waals surface area contributed by atoms with Crippen molar-refractivity contribution in [1.29, 1.82) is 0 Å². The summed E-state index contributed by atoms with van der Waals surface area (Å²) in [6.07, 6.45) is 7.98. The van der Waals surface area contributed by atoms with Gasteiger partial charge in [0.1, 0.15) is 11.5 Å². The molecule has 1 saturated heterocycles. The Morgan fingerprint density at radius 1 is 1.31 bits per heavy atom. The Balaban J connectivity index is 1.43. The molecular weight excluding hydrogens is 330 g/mol. The first-order valence-electron chi connectivity index (χ1n) is 9.02. The van der Waals surface area contributed by atoms with Crippen molar-refractivity contribution in [2.24, 2.45) is 0 Å². The van der Waals surface area contributed by atoms with Crippen molar-refractivity contribution in [3.63, 3.8) is 0 Å². The minimum atomic E-state index is -0.113. The van der Waals surface area contributed by atoms with Crippen LogP contribution in [0.2, 0.25) is 0 Å². The maximum absolute atomic E-state index is 12.3. The number of nitrogens with one attached hydrogen (secondary N) is 1. The van der Waals surface area contributed by atoms with Crippen LogP contribution >= 0.6 is 0 Å². The number of aromatic nitrogens is 1. The number of anilines is 1. The third-order valence-corrected chi connectivity index (χ3v) is 4.37. The second-order valence-corrected chi connectivity index (χ2v) is 6.44. The number of hydrogen-bond acceptors (Lipinski definition) is 4. The maximum atomic E-state index is 12.3. The number of carbonyl (C=O) groups is 1. The SMILES string of the molecule is CN(CCCC1CCCO1)C(=O)Nc1ccc(Oc2cccnc2)cc1. The van der Waals surface area contributed by atoms with Gasteiger partial charge in [0, 0.05) is 32.1 Å². The third kappa shape index (κ3) is 5.46. The minimum absolute atomic E-state index is 0.113. The van der Waals surface area contributed by atoms with Crippen LogP contribution in [0.15, 0.2) is 48.8 Å². The van der Waals surface area contributed by atoms with Gasteiger partial charge in [0.05, 0.1) is 12.3 Å². The topological polar surface area (TPSA) is 63.7 Å². The van der Waals surface area contributed by atoms with Crippen LogP contribution in [0.3, 0.4) is 0 Å². The molecule has 1 N–H and O–H groups in total. The molecule has 0 radical (unpaired) electrons. The molecule has 138 valence electrons. The largest absolute Gasteiger partial charge is 0.456 e. The Labute approximate surface area is 154 Å². The van der Waals surface area contributed by atoms with Crippen molar-refractivity contribution in [2.75, 3.05) is 25.5 Å². The van der Waals surface area contributed by atoms with Gasteiger partial charge >= 0.3 is 6.03 Å². The van der Waals surface area contributed by atoms with E-state index in [0.717, 1.165) is 38.0 Å². The zero-order chi connectivity index (χ0) is 18.2. The lowest BCUT2D eigenvalue weighted by atomic mass is 10.1. The summed E-state index contributed by atoms with van der Waals surface area (Å²) >= 11 is 0. The summed E-state index contributed by atoms with van der Waals surface area (Å²) in [4.78, 5) is 18.0. The van der Waals surface area contributed by atoms with Gasteiger partial charge in [-0.2, -0.15) is 0 Å². The molecule has 2 aromatic rings. The predicted octanol–water partition coefficient (Wildman–Crippen LogP) is 4.30. The Hall–Kier alpha value is -2.60. The number of ether oxygens (including phenoxy) is 2. The van der Waals surface area contributed by atoms with Crippen molar-refractivity contribution in [3.05, 3.63) is 48.8 Å². The highest BCUT2D eigenvalue weighted by Gasteiger charge is 2.16. The number of hydrogen-bond donors (Lipinski definition) is 1. The quantitative estimate of drug-likeness (QED) is 0.804. The van der Waals surface area contributed by atoms with E-state index >= 15 is 0 Å². The molecule has 3 rings (SSSR count). The van der Waals surface area contributed by atoms with Gasteiger partial charge in [-0.1, -0.05) is 0 Å². The van der Waals surface area contributed by atoms with Crippen molar-refractivity contribution < 1.29 is 14.3 Å². The predicted molar refractivity (Wildman–Crippen MR) is 101 cm³/mol. The molecule has 1 aromatic heterocycles. The van der Waals surface area contributed by atoms with Crippen LogP contribution in [-0.4, -0.2) is 42.2 Å². The van der Waals surface area contributed by atoms with E-state index in [0.29, 0.717) is 24.1 Å². The lowest BCUT2D eigenvalue weighted by molar-refractivity contribution is 0.101. The Morgan fingerprint density at radius 2 is 2.15 bits per heavy atom. The van der Waals surface area contributed by atoms with Crippen LogP contribution in [0.4, 0.5) is 10.5 Å². The van der Waals surface area contributed by atoms with Gasteiger partial charge in [-0.25, -0.2) is 4.79 Å². The first-order valence-corrected chi connectivity index (χ1v) is 9.02. The van der Waals surface area contributed by atoms with Gasteiger partial charge < -0.3 is 19.7 Å². The van der Waals surface area contributed by atoms with Crippen LogP contribution < -0.4 is 10.1 Å². The summed E-state index contributed by atoms with van der Waals surface area (Å²) in [7, 11) is 1.81. The average Bonchev–Trinajstić information content (AvgIpc) is 3.17. The Morgan fingerprint density at radius 3 is 2.85 bits per heavy atom. The van der Waals surface area contributed by atoms with E-state index in [4.69, 9.17) is 9.47 Å². The summed E-state index contributed by atoms with van der Waals surface area (Å²) in [5, 5.41) is 2.90. The molecule has 1 atom stereocenters. The second-order valence-electron chi connectivity index (χ2n) is 6.44. The summed E-state index contributed by atoms with van der Waals surface area (Å²) < 4.78 is 11.3. The zero-order valence-corrected chi connectivity index (χ0v) is 15.1. The molecule has 6 nitrogen and oxygen atoms in total. The Kier molecular flexibility index (Phi) is 6.44. The van der Waals surface area contributed by atoms with E-state index in [9.17, 15) is 4.79 Å². The number of rotatable bonds is 7. The smallest absolute Gasteiger partial charge is 0.321 e. The van der Waals surface area contributed by atoms with Gasteiger partial charge in [0.25, 0.3) is 0 Å². The van der Waals surface area contributed by atoms with Crippen LogP contribution in [0.25, 0.3) is 0 Å². The summed E-state index contributed by atoms with van der Waals surface area (Å²) in [6, 6.07) is 10.8. The lowest BCUT2D eigenvalue weighted by Crippen LogP contribution is -2.32. The monoisotopic (exact) mass is 355 g/mol. The van der Waals surface area contributed by atoms with E-state index in [-0.39, 0.29) is 6.03 Å². The molecule has 0 bridgehead atoms. The highest BCUT2D eigenvalue weighted by Crippen LogP contribution is 2.22. The first-order chi connectivity index (χ1) is 12.7. The molecule has 2 heterocycles. The number of benzene rings is 1. The molecule has 26 heavy (non-hydrogen) atoms. The van der Waals surface area contributed by atoms with E-state index in [2.05, 4.69) is 10.3 Å². The van der Waals surface area contributed by atoms with Gasteiger partial charge in [-0.3, -0.25) is 4.98 Å². The van der Waals surface area contributed by atoms with Gasteiger partial charge in [-0.15, -0.1) is 0 Å². The second kappa shape index (κ2) is 9.20. The number of nitrogens with zero attached hydrogens (tertiary/aromatic N) is 2. The van der Waals surface area contributed by atoms with E-state index in [1.807, 2.05) is 43.4 Å². The number of carbonyl (C=O) groups excluding carboxylic acids is 1. The molecule has 1 fully saturated rings. The minimum Gasteiger partial charge on any atom is -0.456 e. The van der Waals surface area contributed by atoms with Crippen LogP contribution in [0.1, 0.15) is 25.7 Å². The molecular formula is C20H25N3O3. The summed E-state index contributed by atoms with van der Waals surface area (Å²) in [5.41, 5.74) is 0.736. The molecule has 2 amide bonds. The number of amides is 2. The fraction of sp³-hybridized carbons (Fsp3) is 0.400.